The molecule has 1 N–H and O–H groups in total. The lowest BCUT2D eigenvalue weighted by molar-refractivity contribution is -0.121. The lowest BCUT2D eigenvalue weighted by atomic mass is 10.1. The summed E-state index contributed by atoms with van der Waals surface area (Å²) in [6, 6.07) is 13.0. The van der Waals surface area contributed by atoms with E-state index in [0.29, 0.717) is 5.02 Å². The number of aryl methyl sites for hydroxylation is 1. The Bertz CT molecular complexity index is 1230. The first kappa shape index (κ1) is 22.4. The summed E-state index contributed by atoms with van der Waals surface area (Å²) < 4.78 is 3.78. The number of carbonyl (C=O) groups is 1. The number of carbonyl (C=O) groups excluding carboxylic acids is 1. The Hall–Kier alpha value is -2.84. The van der Waals surface area contributed by atoms with Crippen molar-refractivity contribution in [3.8, 4) is 5.69 Å². The monoisotopic (exact) mass is 468 g/mol. The summed E-state index contributed by atoms with van der Waals surface area (Å²) in [4.78, 5) is 13.1. The summed E-state index contributed by atoms with van der Waals surface area (Å²) in [6.45, 7) is 3.91. The summed E-state index contributed by atoms with van der Waals surface area (Å²) in [5.74, 6) is 1.58. The van der Waals surface area contributed by atoms with Crippen LogP contribution >= 0.6 is 23.4 Å². The van der Waals surface area contributed by atoms with Gasteiger partial charge in [0.25, 0.3) is 0 Å². The zero-order chi connectivity index (χ0) is 22.7. The molecule has 0 saturated heterocycles. The number of rotatable bonds is 8. The molecule has 0 aliphatic heterocycles. The number of amides is 1. The van der Waals surface area contributed by atoms with E-state index >= 15 is 0 Å². The summed E-state index contributed by atoms with van der Waals surface area (Å²) in [7, 11) is 0. The SMILES string of the molecule is CSCCC(NC(=O)Cc1c(C)nn(-c2ccc(Cl)cc2)c1C)c1nnc2ccccn12. The Balaban J connectivity index is 1.55. The van der Waals surface area contributed by atoms with Gasteiger partial charge in [0, 0.05) is 22.5 Å². The van der Waals surface area contributed by atoms with E-state index in [1.807, 2.05) is 71.6 Å². The minimum Gasteiger partial charge on any atom is -0.346 e. The average molecular weight is 469 g/mol. The third kappa shape index (κ3) is 4.66. The van der Waals surface area contributed by atoms with Crippen LogP contribution in [0.1, 0.15) is 35.2 Å². The van der Waals surface area contributed by atoms with Gasteiger partial charge in [-0.15, -0.1) is 10.2 Å². The molecule has 7 nitrogen and oxygen atoms in total. The standard InChI is InChI=1S/C23H25ClN6OS/c1-15-19(16(2)30(28-15)18-9-7-17(24)8-10-18)14-22(31)25-20(11-13-32-3)23-27-26-21-6-4-5-12-29(21)23/h4-10,12,20H,11,13-14H2,1-3H3,(H,25,31). The molecule has 0 saturated carbocycles. The highest BCUT2D eigenvalue weighted by Gasteiger charge is 2.22. The quantitative estimate of drug-likeness (QED) is 0.416. The number of halogens is 1. The predicted octanol–water partition coefficient (Wildman–Crippen LogP) is 4.34. The lowest BCUT2D eigenvalue weighted by Crippen LogP contribution is -2.31. The van der Waals surface area contributed by atoms with Gasteiger partial charge in [-0.2, -0.15) is 16.9 Å². The second-order valence-electron chi connectivity index (χ2n) is 7.60. The van der Waals surface area contributed by atoms with Crippen LogP contribution in [0.2, 0.25) is 5.02 Å². The first-order valence-electron chi connectivity index (χ1n) is 10.4. The number of thioether (sulfide) groups is 1. The summed E-state index contributed by atoms with van der Waals surface area (Å²) in [6.07, 6.45) is 4.99. The molecule has 4 aromatic rings. The number of fused-ring (bicyclic) bond motifs is 1. The fourth-order valence-corrected chi connectivity index (χ4v) is 4.37. The minimum atomic E-state index is -0.223. The molecule has 0 aliphatic carbocycles. The normalized spacial score (nSPS) is 12.2. The van der Waals surface area contributed by atoms with Crippen LogP contribution in [0, 0.1) is 13.8 Å². The third-order valence-electron chi connectivity index (χ3n) is 5.45. The van der Waals surface area contributed by atoms with Gasteiger partial charge in [-0.25, -0.2) is 4.68 Å². The fourth-order valence-electron chi connectivity index (χ4n) is 3.77. The topological polar surface area (TPSA) is 77.1 Å². The maximum Gasteiger partial charge on any atom is 0.225 e. The predicted molar refractivity (Wildman–Crippen MR) is 129 cm³/mol. The Morgan fingerprint density at radius 3 is 2.69 bits per heavy atom. The molecule has 166 valence electrons. The molecule has 3 aromatic heterocycles. The van der Waals surface area contributed by atoms with Gasteiger partial charge < -0.3 is 5.32 Å². The van der Waals surface area contributed by atoms with Gasteiger partial charge in [0.05, 0.1) is 23.8 Å². The smallest absolute Gasteiger partial charge is 0.225 e. The van der Waals surface area contributed by atoms with E-state index in [0.717, 1.165) is 46.3 Å². The van der Waals surface area contributed by atoms with E-state index in [2.05, 4.69) is 26.9 Å². The van der Waals surface area contributed by atoms with Crippen molar-refractivity contribution in [1.29, 1.82) is 0 Å². The molecule has 0 fully saturated rings. The molecule has 0 aliphatic rings. The van der Waals surface area contributed by atoms with Crippen LogP contribution in [0.3, 0.4) is 0 Å². The van der Waals surface area contributed by atoms with Crippen LogP contribution in [0.5, 0.6) is 0 Å². The number of nitrogens with one attached hydrogen (secondary N) is 1. The molecule has 1 atom stereocenters. The second kappa shape index (κ2) is 9.75. The largest absolute Gasteiger partial charge is 0.346 e. The molecule has 1 amide bonds. The van der Waals surface area contributed by atoms with Crippen LogP contribution in [-0.2, 0) is 11.2 Å². The van der Waals surface area contributed by atoms with E-state index in [4.69, 9.17) is 11.6 Å². The minimum absolute atomic E-state index is 0.0642. The van der Waals surface area contributed by atoms with Gasteiger partial charge in [0.1, 0.15) is 0 Å². The number of aromatic nitrogens is 5. The van der Waals surface area contributed by atoms with Crippen molar-refractivity contribution in [3.05, 3.63) is 76.5 Å². The molecule has 3 heterocycles. The summed E-state index contributed by atoms with van der Waals surface area (Å²) >= 11 is 7.75. The van der Waals surface area contributed by atoms with Gasteiger partial charge in [0.2, 0.25) is 5.91 Å². The number of hydrogen-bond acceptors (Lipinski definition) is 5. The maximum absolute atomic E-state index is 13.1. The Kier molecular flexibility index (Phi) is 6.81. The summed E-state index contributed by atoms with van der Waals surface area (Å²) in [5, 5.41) is 17.1. The number of hydrogen-bond donors (Lipinski definition) is 1. The molecule has 4 rings (SSSR count). The van der Waals surface area contributed by atoms with Crippen molar-refractivity contribution in [2.45, 2.75) is 32.7 Å². The van der Waals surface area contributed by atoms with Gasteiger partial charge in [-0.1, -0.05) is 17.7 Å². The first-order valence-corrected chi connectivity index (χ1v) is 12.1. The van der Waals surface area contributed by atoms with Crippen LogP contribution in [0.4, 0.5) is 0 Å². The molecule has 9 heteroatoms. The van der Waals surface area contributed by atoms with Crippen LogP contribution in [0.25, 0.3) is 11.3 Å². The molecular formula is C23H25ClN6OS. The number of nitrogens with zero attached hydrogens (tertiary/aromatic N) is 5. The number of pyridine rings is 1. The van der Waals surface area contributed by atoms with Crippen molar-refractivity contribution in [1.82, 2.24) is 29.7 Å². The fraction of sp³-hybridized carbons (Fsp3) is 0.304. The molecule has 1 unspecified atom stereocenters. The lowest BCUT2D eigenvalue weighted by Gasteiger charge is -2.17. The zero-order valence-corrected chi connectivity index (χ0v) is 19.8. The molecule has 0 radical (unpaired) electrons. The van der Waals surface area contributed by atoms with Gasteiger partial charge in [-0.05, 0) is 68.7 Å². The Morgan fingerprint density at radius 1 is 1.16 bits per heavy atom. The number of benzene rings is 1. The van der Waals surface area contributed by atoms with Crippen LogP contribution in [0.15, 0.2) is 48.7 Å². The molecule has 1 aromatic carbocycles. The Labute approximate surface area is 196 Å². The van der Waals surface area contributed by atoms with Gasteiger partial charge in [-0.3, -0.25) is 9.20 Å². The van der Waals surface area contributed by atoms with Gasteiger partial charge in [0.15, 0.2) is 11.5 Å². The highest BCUT2D eigenvalue weighted by atomic mass is 35.5. The van der Waals surface area contributed by atoms with Crippen LogP contribution in [-0.4, -0.2) is 42.3 Å². The summed E-state index contributed by atoms with van der Waals surface area (Å²) in [5.41, 5.74) is 4.37. The average Bonchev–Trinajstić information content (AvgIpc) is 3.34. The van der Waals surface area contributed by atoms with E-state index in [1.165, 1.54) is 0 Å². The van der Waals surface area contributed by atoms with Crippen molar-refractivity contribution >= 4 is 34.9 Å². The first-order chi connectivity index (χ1) is 15.5. The van der Waals surface area contributed by atoms with E-state index in [-0.39, 0.29) is 18.4 Å². The molecule has 32 heavy (non-hydrogen) atoms. The highest BCUT2D eigenvalue weighted by Crippen LogP contribution is 2.22. The third-order valence-corrected chi connectivity index (χ3v) is 6.34. The van der Waals surface area contributed by atoms with E-state index < -0.39 is 0 Å². The Morgan fingerprint density at radius 2 is 1.94 bits per heavy atom. The van der Waals surface area contributed by atoms with Crippen molar-refractivity contribution in [2.75, 3.05) is 12.0 Å². The molecule has 0 bridgehead atoms. The second-order valence-corrected chi connectivity index (χ2v) is 9.03. The van der Waals surface area contributed by atoms with E-state index in [9.17, 15) is 4.79 Å². The van der Waals surface area contributed by atoms with Crippen molar-refractivity contribution in [3.63, 3.8) is 0 Å². The molecular weight excluding hydrogens is 444 g/mol. The van der Waals surface area contributed by atoms with Crippen molar-refractivity contribution < 1.29 is 4.79 Å². The zero-order valence-electron chi connectivity index (χ0n) is 18.2. The van der Waals surface area contributed by atoms with Crippen molar-refractivity contribution in [2.24, 2.45) is 0 Å². The van der Waals surface area contributed by atoms with Crippen LogP contribution < -0.4 is 5.32 Å². The maximum atomic E-state index is 13.1. The van der Waals surface area contributed by atoms with Gasteiger partial charge >= 0.3 is 0 Å². The highest BCUT2D eigenvalue weighted by molar-refractivity contribution is 7.98. The molecule has 0 spiro atoms. The van der Waals surface area contributed by atoms with E-state index in [1.54, 1.807) is 11.8 Å².